The van der Waals surface area contributed by atoms with Gasteiger partial charge in [-0.25, -0.2) is 0 Å². The molecular weight excluding hydrogens is 428 g/mol. The van der Waals surface area contributed by atoms with Crippen molar-refractivity contribution >= 4 is 22.6 Å². The molecule has 4 aromatic rings. The maximum atomic E-state index is 11.7. The molecule has 7 heteroatoms. The molecule has 0 unspecified atom stereocenters. The van der Waals surface area contributed by atoms with Crippen LogP contribution in [-0.2, 0) is 24.2 Å². The van der Waals surface area contributed by atoms with Crippen LogP contribution in [0.2, 0.25) is 0 Å². The highest BCUT2D eigenvalue weighted by Crippen LogP contribution is 2.25. The fraction of sp³-hybridized carbons (Fsp3) is 0.333. The van der Waals surface area contributed by atoms with E-state index in [0.717, 1.165) is 58.6 Å². The molecule has 0 fully saturated rings. The molecular formula is C27H32N4O3. The second-order valence-corrected chi connectivity index (χ2v) is 9.11. The average Bonchev–Trinajstić information content (AvgIpc) is 3.42. The lowest BCUT2D eigenvalue weighted by atomic mass is 10.0. The number of benzene rings is 2. The van der Waals surface area contributed by atoms with Gasteiger partial charge in [-0.2, -0.15) is 0 Å². The van der Waals surface area contributed by atoms with Crippen LogP contribution in [-0.4, -0.2) is 59.9 Å². The molecule has 0 radical (unpaired) electrons. The van der Waals surface area contributed by atoms with Gasteiger partial charge < -0.3 is 19.1 Å². The van der Waals surface area contributed by atoms with Crippen molar-refractivity contribution in [3.05, 3.63) is 72.1 Å². The van der Waals surface area contributed by atoms with Crippen LogP contribution in [0.4, 0.5) is 5.69 Å². The molecule has 0 saturated carbocycles. The minimum Gasteiger partial charge on any atom is -0.480 e. The first-order valence-electron chi connectivity index (χ1n) is 11.5. The normalized spacial score (nSPS) is 12.4. The number of carboxylic acids is 1. The number of aliphatic carboxylic acids is 1. The standard InChI is InChI=1S/C27H32N4O3/c1-29(2)21-13-11-19(12-14-21)24-17-22(34-28-24)8-7-15-31-18-20(16-26(27(32)33)30(3)4)23-9-5-6-10-25(23)31/h5-6,9-14,17-18,26H,7-8,15-16H2,1-4H3,(H,32,33)/t26-/m0/s1. The fourth-order valence-corrected chi connectivity index (χ4v) is 4.29. The van der Waals surface area contributed by atoms with E-state index >= 15 is 0 Å². The van der Waals surface area contributed by atoms with E-state index in [2.05, 4.69) is 57.2 Å². The van der Waals surface area contributed by atoms with E-state index in [9.17, 15) is 9.90 Å². The van der Waals surface area contributed by atoms with Gasteiger partial charge in [-0.1, -0.05) is 35.5 Å². The van der Waals surface area contributed by atoms with E-state index in [1.165, 1.54) is 0 Å². The van der Waals surface area contributed by atoms with Crippen molar-refractivity contribution in [2.24, 2.45) is 0 Å². The summed E-state index contributed by atoms with van der Waals surface area (Å²) in [5.74, 6) is 0.0567. The number of aryl methyl sites for hydroxylation is 2. The molecule has 0 saturated heterocycles. The van der Waals surface area contributed by atoms with Crippen LogP contribution >= 0.6 is 0 Å². The van der Waals surface area contributed by atoms with Gasteiger partial charge in [-0.3, -0.25) is 9.69 Å². The lowest BCUT2D eigenvalue weighted by Gasteiger charge is -2.19. The van der Waals surface area contributed by atoms with Gasteiger partial charge in [0.05, 0.1) is 0 Å². The number of aromatic nitrogens is 2. The highest BCUT2D eigenvalue weighted by atomic mass is 16.5. The zero-order chi connectivity index (χ0) is 24.2. The molecule has 4 rings (SSSR count). The number of carboxylic acid groups (broad SMARTS) is 1. The summed E-state index contributed by atoms with van der Waals surface area (Å²) in [5, 5.41) is 15.0. The van der Waals surface area contributed by atoms with Crippen molar-refractivity contribution in [3.8, 4) is 11.3 Å². The Morgan fingerprint density at radius 2 is 1.82 bits per heavy atom. The SMILES string of the molecule is CN(C)c1ccc(-c2cc(CCCn3cc(C[C@@H](C(=O)O)N(C)C)c4ccccc43)on2)cc1. The Kier molecular flexibility index (Phi) is 7.03. The van der Waals surface area contributed by atoms with Crippen LogP contribution < -0.4 is 4.90 Å². The predicted molar refractivity (Wildman–Crippen MR) is 135 cm³/mol. The van der Waals surface area contributed by atoms with Gasteiger partial charge in [0.15, 0.2) is 0 Å². The van der Waals surface area contributed by atoms with E-state index in [0.29, 0.717) is 6.42 Å². The summed E-state index contributed by atoms with van der Waals surface area (Å²) in [5.41, 5.74) is 5.21. The number of hydrogen-bond acceptors (Lipinski definition) is 5. The largest absolute Gasteiger partial charge is 0.480 e. The van der Waals surface area contributed by atoms with Crippen LogP contribution in [0.25, 0.3) is 22.2 Å². The molecule has 0 aliphatic carbocycles. The van der Waals surface area contributed by atoms with Gasteiger partial charge in [0.25, 0.3) is 0 Å². The van der Waals surface area contributed by atoms with Crippen molar-refractivity contribution in [1.82, 2.24) is 14.6 Å². The summed E-state index contributed by atoms with van der Waals surface area (Å²) in [7, 11) is 7.65. The van der Waals surface area contributed by atoms with Crippen LogP contribution in [0.3, 0.4) is 0 Å². The van der Waals surface area contributed by atoms with Crippen LogP contribution in [0.5, 0.6) is 0 Å². The van der Waals surface area contributed by atoms with E-state index < -0.39 is 12.0 Å². The van der Waals surface area contributed by atoms with E-state index in [4.69, 9.17) is 4.52 Å². The van der Waals surface area contributed by atoms with Gasteiger partial charge in [0.2, 0.25) is 0 Å². The van der Waals surface area contributed by atoms with Gasteiger partial charge in [0.1, 0.15) is 17.5 Å². The van der Waals surface area contributed by atoms with E-state index in [1.54, 1.807) is 19.0 Å². The highest BCUT2D eigenvalue weighted by Gasteiger charge is 2.22. The molecule has 0 aliphatic heterocycles. The number of likely N-dealkylation sites (N-methyl/N-ethyl adjacent to an activating group) is 1. The third kappa shape index (κ3) is 5.15. The number of rotatable bonds is 10. The molecule has 0 amide bonds. The Labute approximate surface area is 200 Å². The summed E-state index contributed by atoms with van der Waals surface area (Å²) in [6.45, 7) is 0.813. The first kappa shape index (κ1) is 23.6. The summed E-state index contributed by atoms with van der Waals surface area (Å²) in [6.07, 6.45) is 4.23. The van der Waals surface area contributed by atoms with Crippen LogP contribution in [0, 0.1) is 0 Å². The lowest BCUT2D eigenvalue weighted by Crippen LogP contribution is -2.37. The fourth-order valence-electron chi connectivity index (χ4n) is 4.29. The van der Waals surface area contributed by atoms with E-state index in [-0.39, 0.29) is 0 Å². The molecule has 34 heavy (non-hydrogen) atoms. The number of para-hydroxylation sites is 1. The lowest BCUT2D eigenvalue weighted by molar-refractivity contribution is -0.142. The summed E-state index contributed by atoms with van der Waals surface area (Å²) in [4.78, 5) is 15.5. The number of fused-ring (bicyclic) bond motifs is 1. The maximum absolute atomic E-state index is 11.7. The van der Waals surface area contributed by atoms with Crippen molar-refractivity contribution in [2.75, 3.05) is 33.1 Å². The van der Waals surface area contributed by atoms with Crippen molar-refractivity contribution < 1.29 is 14.4 Å². The molecule has 178 valence electrons. The third-order valence-electron chi connectivity index (χ3n) is 6.25. The monoisotopic (exact) mass is 460 g/mol. The minimum absolute atomic E-state index is 0.466. The summed E-state index contributed by atoms with van der Waals surface area (Å²) < 4.78 is 7.81. The first-order valence-corrected chi connectivity index (χ1v) is 11.5. The quantitative estimate of drug-likeness (QED) is 0.374. The van der Waals surface area contributed by atoms with Crippen LogP contribution in [0.1, 0.15) is 17.7 Å². The number of nitrogens with zero attached hydrogens (tertiary/aromatic N) is 4. The number of anilines is 1. The second-order valence-electron chi connectivity index (χ2n) is 9.11. The molecule has 2 aromatic heterocycles. The molecule has 2 aromatic carbocycles. The second kappa shape index (κ2) is 10.1. The highest BCUT2D eigenvalue weighted by molar-refractivity contribution is 5.85. The molecule has 1 N–H and O–H groups in total. The van der Waals surface area contributed by atoms with Gasteiger partial charge in [0, 0.05) is 67.9 Å². The third-order valence-corrected chi connectivity index (χ3v) is 6.25. The Balaban J connectivity index is 1.44. The van der Waals surface area contributed by atoms with Crippen molar-refractivity contribution in [3.63, 3.8) is 0 Å². The Hall–Kier alpha value is -3.58. The zero-order valence-electron chi connectivity index (χ0n) is 20.2. The summed E-state index contributed by atoms with van der Waals surface area (Å²) >= 11 is 0. The minimum atomic E-state index is -0.806. The first-order chi connectivity index (χ1) is 16.3. The van der Waals surface area contributed by atoms with Crippen molar-refractivity contribution in [1.29, 1.82) is 0 Å². The van der Waals surface area contributed by atoms with Gasteiger partial charge in [-0.15, -0.1) is 0 Å². The molecule has 0 aliphatic rings. The van der Waals surface area contributed by atoms with E-state index in [1.807, 2.05) is 32.3 Å². The Morgan fingerprint density at radius 1 is 1.09 bits per heavy atom. The molecule has 7 nitrogen and oxygen atoms in total. The Morgan fingerprint density at radius 3 is 2.50 bits per heavy atom. The topological polar surface area (TPSA) is 74.7 Å². The average molecular weight is 461 g/mol. The maximum Gasteiger partial charge on any atom is 0.321 e. The summed E-state index contributed by atoms with van der Waals surface area (Å²) in [6, 6.07) is 17.9. The zero-order valence-corrected chi connectivity index (χ0v) is 20.2. The number of carbonyl (C=O) groups is 1. The molecule has 1 atom stereocenters. The molecule has 2 heterocycles. The van der Waals surface area contributed by atoms with Gasteiger partial charge in [-0.05, 0) is 44.3 Å². The van der Waals surface area contributed by atoms with Crippen molar-refractivity contribution in [2.45, 2.75) is 31.8 Å². The van der Waals surface area contributed by atoms with Crippen LogP contribution in [0.15, 0.2) is 65.3 Å². The Bertz CT molecular complexity index is 1250. The smallest absolute Gasteiger partial charge is 0.321 e. The number of hydrogen-bond donors (Lipinski definition) is 1. The molecule has 0 spiro atoms. The molecule has 0 bridgehead atoms. The predicted octanol–water partition coefficient (Wildman–Crippen LogP) is 4.55. The van der Waals surface area contributed by atoms with Gasteiger partial charge >= 0.3 is 5.97 Å².